The first kappa shape index (κ1) is 24.2. The van der Waals surface area contributed by atoms with Gasteiger partial charge in [-0.05, 0) is 45.6 Å². The summed E-state index contributed by atoms with van der Waals surface area (Å²) in [5, 5.41) is 6.71. The molecule has 1 saturated carbocycles. The van der Waals surface area contributed by atoms with E-state index in [1.54, 1.807) is 0 Å². The number of carbonyl (C=O) groups is 1. The Morgan fingerprint density at radius 3 is 2.48 bits per heavy atom. The Labute approximate surface area is 164 Å². The van der Waals surface area contributed by atoms with Crippen LogP contribution in [-0.2, 0) is 4.79 Å². The van der Waals surface area contributed by atoms with E-state index in [0.29, 0.717) is 6.54 Å². The van der Waals surface area contributed by atoms with Crippen LogP contribution in [0.5, 0.6) is 0 Å². The van der Waals surface area contributed by atoms with Gasteiger partial charge in [0.05, 0.1) is 0 Å². The van der Waals surface area contributed by atoms with Crippen molar-refractivity contribution in [3.05, 3.63) is 35.9 Å². The van der Waals surface area contributed by atoms with Crippen molar-refractivity contribution in [2.75, 3.05) is 6.54 Å². The minimum atomic E-state index is -0.165. The molecule has 1 aromatic carbocycles. The summed E-state index contributed by atoms with van der Waals surface area (Å²) in [6.45, 7) is 7.02. The fraction of sp³-hybridized carbons (Fsp3) is 0.632. The minimum absolute atomic E-state index is 0. The number of nitrogens with one attached hydrogen (secondary N) is 2. The first-order chi connectivity index (χ1) is 10.9. The van der Waals surface area contributed by atoms with Crippen LogP contribution in [0.25, 0.3) is 0 Å². The maximum atomic E-state index is 12.4. The van der Waals surface area contributed by atoms with Gasteiger partial charge in [0, 0.05) is 30.1 Å². The number of hydrogen-bond donors (Lipinski definition) is 3. The lowest BCUT2D eigenvalue weighted by atomic mass is 9.85. The average Bonchev–Trinajstić information content (AvgIpc) is 2.53. The lowest BCUT2D eigenvalue weighted by molar-refractivity contribution is -0.126. The zero-order chi connectivity index (χ0) is 16.9. The third-order valence-corrected chi connectivity index (χ3v) is 4.70. The zero-order valence-electron chi connectivity index (χ0n) is 15.5. The van der Waals surface area contributed by atoms with Gasteiger partial charge in [-0.1, -0.05) is 36.8 Å². The highest BCUT2D eigenvalue weighted by Crippen LogP contribution is 2.23. The predicted molar refractivity (Wildman–Crippen MR) is 110 cm³/mol. The van der Waals surface area contributed by atoms with E-state index < -0.39 is 0 Å². The molecule has 0 aromatic heterocycles. The first-order valence-electron chi connectivity index (χ1n) is 8.73. The molecule has 4 nitrogen and oxygen atoms in total. The van der Waals surface area contributed by atoms with E-state index in [2.05, 4.69) is 55.7 Å². The lowest BCUT2D eigenvalue weighted by Crippen LogP contribution is -2.51. The van der Waals surface area contributed by atoms with Crippen LogP contribution in [0.1, 0.15) is 58.1 Å². The molecule has 0 heterocycles. The summed E-state index contributed by atoms with van der Waals surface area (Å²) in [4.78, 5) is 12.4. The van der Waals surface area contributed by atoms with Crippen molar-refractivity contribution in [1.82, 2.24) is 10.6 Å². The highest BCUT2D eigenvalue weighted by Gasteiger charge is 2.27. The monoisotopic (exact) mass is 389 g/mol. The predicted octanol–water partition coefficient (Wildman–Crippen LogP) is 3.59. The molecule has 4 N–H and O–H groups in total. The van der Waals surface area contributed by atoms with Crippen molar-refractivity contribution in [2.24, 2.45) is 11.7 Å². The summed E-state index contributed by atoms with van der Waals surface area (Å²) >= 11 is 0. The molecular weight excluding hydrogens is 357 g/mol. The summed E-state index contributed by atoms with van der Waals surface area (Å²) in [7, 11) is 0. The Morgan fingerprint density at radius 1 is 1.24 bits per heavy atom. The van der Waals surface area contributed by atoms with Gasteiger partial charge in [0.25, 0.3) is 0 Å². The fourth-order valence-electron chi connectivity index (χ4n) is 3.38. The Morgan fingerprint density at radius 2 is 1.88 bits per heavy atom. The Balaban J connectivity index is 0.00000288. The van der Waals surface area contributed by atoms with Gasteiger partial charge in [0.15, 0.2) is 0 Å². The van der Waals surface area contributed by atoms with Crippen molar-refractivity contribution in [3.63, 3.8) is 0 Å². The molecule has 0 bridgehead atoms. The standard InChI is InChI=1S/C19H31N3O.2ClH/c1-14(15-8-5-4-6-9-15)22-19(2,3)13-21-18(23)16-10-7-11-17(20)12-16;;/h4-6,8-9,14,16-17,22H,7,10-13,20H2,1-3H3,(H,21,23);2*1H. The average molecular weight is 390 g/mol. The molecule has 144 valence electrons. The second kappa shape index (κ2) is 11.0. The highest BCUT2D eigenvalue weighted by molar-refractivity contribution is 5.85. The number of hydrogen-bond acceptors (Lipinski definition) is 3. The zero-order valence-corrected chi connectivity index (χ0v) is 17.1. The largest absolute Gasteiger partial charge is 0.354 e. The van der Waals surface area contributed by atoms with E-state index >= 15 is 0 Å². The molecule has 1 aliphatic rings. The van der Waals surface area contributed by atoms with E-state index in [9.17, 15) is 4.79 Å². The quantitative estimate of drug-likeness (QED) is 0.695. The van der Waals surface area contributed by atoms with E-state index in [4.69, 9.17) is 5.73 Å². The summed E-state index contributed by atoms with van der Waals surface area (Å²) in [5.41, 5.74) is 7.07. The van der Waals surface area contributed by atoms with Crippen LogP contribution in [0.4, 0.5) is 0 Å². The summed E-state index contributed by atoms with van der Waals surface area (Å²) in [6.07, 6.45) is 3.89. The number of halogens is 2. The smallest absolute Gasteiger partial charge is 0.223 e. The molecule has 0 saturated heterocycles. The first-order valence-corrected chi connectivity index (χ1v) is 8.73. The molecule has 0 spiro atoms. The summed E-state index contributed by atoms with van der Waals surface area (Å²) < 4.78 is 0. The molecule has 1 fully saturated rings. The molecule has 25 heavy (non-hydrogen) atoms. The number of nitrogens with two attached hydrogens (primary N) is 1. The molecule has 0 aliphatic heterocycles. The van der Waals surface area contributed by atoms with Gasteiger partial charge < -0.3 is 16.4 Å². The lowest BCUT2D eigenvalue weighted by Gasteiger charge is -2.32. The summed E-state index contributed by atoms with van der Waals surface area (Å²) in [6, 6.07) is 10.8. The fourth-order valence-corrected chi connectivity index (χ4v) is 3.38. The van der Waals surface area contributed by atoms with Crippen LogP contribution >= 0.6 is 24.8 Å². The molecule has 0 radical (unpaired) electrons. The van der Waals surface area contributed by atoms with Crippen LogP contribution in [0.3, 0.4) is 0 Å². The topological polar surface area (TPSA) is 67.1 Å². The van der Waals surface area contributed by atoms with Gasteiger partial charge in [-0.25, -0.2) is 0 Å². The number of benzene rings is 1. The SMILES string of the molecule is CC(NC(C)(C)CNC(=O)C1CCCC(N)C1)c1ccccc1.Cl.Cl. The van der Waals surface area contributed by atoms with E-state index in [-0.39, 0.29) is 54.3 Å². The molecule has 1 amide bonds. The Kier molecular flexibility index (Phi) is 10.7. The van der Waals surface area contributed by atoms with E-state index in [1.165, 1.54) is 5.56 Å². The maximum absolute atomic E-state index is 12.4. The third-order valence-electron chi connectivity index (χ3n) is 4.70. The van der Waals surface area contributed by atoms with Crippen LogP contribution in [0.15, 0.2) is 30.3 Å². The van der Waals surface area contributed by atoms with Gasteiger partial charge in [-0.3, -0.25) is 4.79 Å². The van der Waals surface area contributed by atoms with Gasteiger partial charge in [0.1, 0.15) is 0 Å². The maximum Gasteiger partial charge on any atom is 0.223 e. The van der Waals surface area contributed by atoms with E-state index in [0.717, 1.165) is 25.7 Å². The normalized spacial score (nSPS) is 21.4. The van der Waals surface area contributed by atoms with Crippen molar-refractivity contribution in [1.29, 1.82) is 0 Å². The highest BCUT2D eigenvalue weighted by atomic mass is 35.5. The number of rotatable bonds is 6. The summed E-state index contributed by atoms with van der Waals surface area (Å²) in [5.74, 6) is 0.239. The molecule has 3 unspecified atom stereocenters. The van der Waals surface area contributed by atoms with Crippen LogP contribution in [0, 0.1) is 5.92 Å². The molecule has 3 atom stereocenters. The molecule has 6 heteroatoms. The molecule has 1 aromatic rings. The van der Waals surface area contributed by atoms with Crippen molar-refractivity contribution in [3.8, 4) is 0 Å². The van der Waals surface area contributed by atoms with Gasteiger partial charge in [0.2, 0.25) is 5.91 Å². The molecular formula is C19H33Cl2N3O. The third kappa shape index (κ3) is 7.95. The Hall–Kier alpha value is -0.810. The molecule has 2 rings (SSSR count). The van der Waals surface area contributed by atoms with E-state index in [1.807, 2.05) is 6.07 Å². The van der Waals surface area contributed by atoms with Gasteiger partial charge in [-0.15, -0.1) is 24.8 Å². The minimum Gasteiger partial charge on any atom is -0.354 e. The van der Waals surface area contributed by atoms with Crippen molar-refractivity contribution in [2.45, 2.75) is 64.1 Å². The second-order valence-corrected chi connectivity index (χ2v) is 7.50. The number of carbonyl (C=O) groups excluding carboxylic acids is 1. The van der Waals surface area contributed by atoms with Crippen molar-refractivity contribution >= 4 is 30.7 Å². The van der Waals surface area contributed by atoms with Crippen LogP contribution in [0.2, 0.25) is 0 Å². The van der Waals surface area contributed by atoms with Crippen LogP contribution in [-0.4, -0.2) is 24.0 Å². The van der Waals surface area contributed by atoms with Gasteiger partial charge in [-0.2, -0.15) is 0 Å². The Bertz CT molecular complexity index is 511. The second-order valence-electron chi connectivity index (χ2n) is 7.50. The van der Waals surface area contributed by atoms with Gasteiger partial charge >= 0.3 is 0 Å². The molecule has 1 aliphatic carbocycles. The number of amides is 1. The van der Waals surface area contributed by atoms with Crippen molar-refractivity contribution < 1.29 is 4.79 Å². The van der Waals surface area contributed by atoms with Crippen LogP contribution < -0.4 is 16.4 Å².